The zero-order valence-electron chi connectivity index (χ0n) is 13.9. The van der Waals surface area contributed by atoms with E-state index in [1.54, 1.807) is 11.3 Å². The van der Waals surface area contributed by atoms with Crippen LogP contribution in [0.4, 0.5) is 0 Å². The van der Waals surface area contributed by atoms with Crippen molar-refractivity contribution < 1.29 is 9.53 Å². The number of aryl methyl sites for hydroxylation is 2. The summed E-state index contributed by atoms with van der Waals surface area (Å²) in [5, 5.41) is 1.76. The van der Waals surface area contributed by atoms with Gasteiger partial charge in [-0.3, -0.25) is 4.98 Å². The van der Waals surface area contributed by atoms with Gasteiger partial charge < -0.3 is 4.74 Å². The Bertz CT molecular complexity index is 1070. The summed E-state index contributed by atoms with van der Waals surface area (Å²) in [5.41, 5.74) is 3.95. The molecule has 0 aliphatic rings. The Hall–Kier alpha value is -2.79. The zero-order valence-corrected chi connectivity index (χ0v) is 14.8. The van der Waals surface area contributed by atoms with Crippen molar-refractivity contribution in [3.63, 3.8) is 0 Å². The van der Waals surface area contributed by atoms with Crippen LogP contribution in [0.15, 0.2) is 48.5 Å². The minimum atomic E-state index is -0.354. The van der Waals surface area contributed by atoms with Gasteiger partial charge in [0.05, 0.1) is 27.0 Å². The molecule has 0 bridgehead atoms. The molecule has 0 aliphatic carbocycles. The van der Waals surface area contributed by atoms with Gasteiger partial charge >= 0.3 is 5.97 Å². The Morgan fingerprint density at radius 3 is 2.52 bits per heavy atom. The molecule has 4 aromatic rings. The van der Waals surface area contributed by atoms with Gasteiger partial charge in [0.1, 0.15) is 11.6 Å². The highest BCUT2D eigenvalue weighted by atomic mass is 32.1. The first-order valence-electron chi connectivity index (χ1n) is 8.01. The quantitative estimate of drug-likeness (QED) is 0.498. The van der Waals surface area contributed by atoms with Crippen LogP contribution >= 0.6 is 11.3 Å². The van der Waals surface area contributed by atoms with Gasteiger partial charge in [0.25, 0.3) is 0 Å². The van der Waals surface area contributed by atoms with E-state index in [1.807, 2.05) is 62.4 Å². The highest BCUT2D eigenvalue weighted by Crippen LogP contribution is 2.25. The first-order valence-corrected chi connectivity index (χ1v) is 8.82. The molecule has 0 aliphatic heterocycles. The lowest BCUT2D eigenvalue weighted by molar-refractivity contribution is 0.0470. The Balaban J connectivity index is 1.61. The van der Waals surface area contributed by atoms with E-state index < -0.39 is 0 Å². The second kappa shape index (κ2) is 6.26. The predicted molar refractivity (Wildman–Crippen MR) is 100.0 cm³/mol. The summed E-state index contributed by atoms with van der Waals surface area (Å²) in [6.07, 6.45) is 0. The molecule has 25 heavy (non-hydrogen) atoms. The molecule has 0 spiro atoms. The van der Waals surface area contributed by atoms with Gasteiger partial charge in [-0.1, -0.05) is 30.3 Å². The van der Waals surface area contributed by atoms with E-state index in [-0.39, 0.29) is 12.6 Å². The lowest BCUT2D eigenvalue weighted by atomic mass is 10.0. The summed E-state index contributed by atoms with van der Waals surface area (Å²) < 4.78 is 6.61. The van der Waals surface area contributed by atoms with Crippen LogP contribution in [0.2, 0.25) is 0 Å². The summed E-state index contributed by atoms with van der Waals surface area (Å²) in [5.74, 6) is -0.354. The number of aromatic nitrogens is 2. The van der Waals surface area contributed by atoms with E-state index in [4.69, 9.17) is 4.74 Å². The van der Waals surface area contributed by atoms with Crippen LogP contribution in [0.3, 0.4) is 0 Å². The molecular formula is C20H16N2O2S. The van der Waals surface area contributed by atoms with E-state index in [1.165, 1.54) is 0 Å². The van der Waals surface area contributed by atoms with Gasteiger partial charge in [0, 0.05) is 5.39 Å². The van der Waals surface area contributed by atoms with Crippen LogP contribution in [0, 0.1) is 13.8 Å². The van der Waals surface area contributed by atoms with Crippen LogP contribution in [0.1, 0.15) is 26.6 Å². The molecular weight excluding hydrogens is 332 g/mol. The normalized spacial score (nSPS) is 11.1. The summed E-state index contributed by atoms with van der Waals surface area (Å²) in [4.78, 5) is 21.7. The van der Waals surface area contributed by atoms with Gasteiger partial charge in [-0.05, 0) is 37.6 Å². The van der Waals surface area contributed by atoms with E-state index in [0.717, 1.165) is 31.7 Å². The fraction of sp³-hybridized carbons (Fsp3) is 0.150. The van der Waals surface area contributed by atoms with Gasteiger partial charge in [-0.25, -0.2) is 9.78 Å². The molecule has 124 valence electrons. The molecule has 0 fully saturated rings. The molecule has 2 heterocycles. The number of nitrogens with zero attached hydrogens (tertiary/aromatic N) is 2. The van der Waals surface area contributed by atoms with E-state index in [2.05, 4.69) is 9.97 Å². The average molecular weight is 348 g/mol. The molecule has 2 aromatic carbocycles. The number of carbonyl (C=O) groups is 1. The van der Waals surface area contributed by atoms with E-state index in [0.29, 0.717) is 11.3 Å². The van der Waals surface area contributed by atoms with Crippen molar-refractivity contribution in [3.8, 4) is 0 Å². The van der Waals surface area contributed by atoms with E-state index in [9.17, 15) is 4.79 Å². The lowest BCUT2D eigenvalue weighted by Crippen LogP contribution is -2.11. The number of benzene rings is 2. The molecule has 0 atom stereocenters. The summed E-state index contributed by atoms with van der Waals surface area (Å²) >= 11 is 1.54. The van der Waals surface area contributed by atoms with Crippen LogP contribution in [-0.4, -0.2) is 15.9 Å². The van der Waals surface area contributed by atoms with Gasteiger partial charge in [0.2, 0.25) is 0 Å². The number of hydrogen-bond donors (Lipinski definition) is 0. The fourth-order valence-electron chi connectivity index (χ4n) is 3.01. The number of hydrogen-bond acceptors (Lipinski definition) is 5. The number of rotatable bonds is 3. The summed E-state index contributed by atoms with van der Waals surface area (Å²) in [6.45, 7) is 3.95. The highest BCUT2D eigenvalue weighted by Gasteiger charge is 2.18. The van der Waals surface area contributed by atoms with Crippen molar-refractivity contribution in [2.75, 3.05) is 0 Å². The maximum atomic E-state index is 12.6. The van der Waals surface area contributed by atoms with Crippen molar-refractivity contribution in [1.29, 1.82) is 0 Å². The predicted octanol–water partition coefficient (Wildman–Crippen LogP) is 4.82. The molecule has 0 N–H and O–H groups in total. The Morgan fingerprint density at radius 2 is 1.72 bits per heavy atom. The van der Waals surface area contributed by atoms with Crippen molar-refractivity contribution in [3.05, 3.63) is 70.4 Å². The fourth-order valence-corrected chi connectivity index (χ4v) is 3.89. The van der Waals surface area contributed by atoms with Crippen molar-refractivity contribution >= 4 is 38.4 Å². The Labute approximate surface area is 149 Å². The topological polar surface area (TPSA) is 52.1 Å². The first-order chi connectivity index (χ1) is 12.1. The standard InChI is InChI=1S/C20H16N2O2S/c1-12-14-7-3-4-8-15(14)21-13(2)19(12)20(23)24-11-18-22-16-9-5-6-10-17(16)25-18/h3-10H,11H2,1-2H3. The molecule has 4 rings (SSSR count). The third-order valence-electron chi connectivity index (χ3n) is 4.20. The van der Waals surface area contributed by atoms with Crippen LogP contribution in [-0.2, 0) is 11.3 Å². The minimum Gasteiger partial charge on any atom is -0.455 e. The molecule has 0 saturated heterocycles. The lowest BCUT2D eigenvalue weighted by Gasteiger charge is -2.11. The van der Waals surface area contributed by atoms with Crippen molar-refractivity contribution in [1.82, 2.24) is 9.97 Å². The zero-order chi connectivity index (χ0) is 17.4. The van der Waals surface area contributed by atoms with Crippen LogP contribution in [0.25, 0.3) is 21.1 Å². The number of thiazole rings is 1. The highest BCUT2D eigenvalue weighted by molar-refractivity contribution is 7.18. The summed E-state index contributed by atoms with van der Waals surface area (Å²) in [7, 11) is 0. The number of fused-ring (bicyclic) bond motifs is 2. The van der Waals surface area contributed by atoms with Gasteiger partial charge in [-0.15, -0.1) is 11.3 Å². The molecule has 2 aromatic heterocycles. The SMILES string of the molecule is Cc1nc2ccccc2c(C)c1C(=O)OCc1nc2ccccc2s1. The molecule has 0 radical (unpaired) electrons. The number of carbonyl (C=O) groups excluding carboxylic acids is 1. The van der Waals surface area contributed by atoms with E-state index >= 15 is 0 Å². The largest absolute Gasteiger partial charge is 0.455 e. The second-order valence-corrected chi connectivity index (χ2v) is 6.98. The third kappa shape index (κ3) is 2.87. The molecule has 0 unspecified atom stereocenters. The smallest absolute Gasteiger partial charge is 0.340 e. The monoisotopic (exact) mass is 348 g/mol. The maximum absolute atomic E-state index is 12.6. The van der Waals surface area contributed by atoms with Crippen molar-refractivity contribution in [2.45, 2.75) is 20.5 Å². The minimum absolute atomic E-state index is 0.171. The molecule has 0 amide bonds. The molecule has 4 nitrogen and oxygen atoms in total. The maximum Gasteiger partial charge on any atom is 0.340 e. The van der Waals surface area contributed by atoms with Gasteiger partial charge in [-0.2, -0.15) is 0 Å². The number of pyridine rings is 1. The number of ether oxygens (including phenoxy) is 1. The van der Waals surface area contributed by atoms with Crippen LogP contribution in [0.5, 0.6) is 0 Å². The average Bonchev–Trinajstić information content (AvgIpc) is 3.03. The van der Waals surface area contributed by atoms with Gasteiger partial charge in [0.15, 0.2) is 0 Å². The molecule has 0 saturated carbocycles. The third-order valence-corrected chi connectivity index (χ3v) is 5.21. The number of para-hydroxylation sites is 2. The Kier molecular flexibility index (Phi) is 3.93. The Morgan fingerprint density at radius 1 is 1.00 bits per heavy atom. The van der Waals surface area contributed by atoms with Crippen molar-refractivity contribution in [2.24, 2.45) is 0 Å². The summed E-state index contributed by atoms with van der Waals surface area (Å²) in [6, 6.07) is 15.7. The second-order valence-electron chi connectivity index (χ2n) is 5.87. The first kappa shape index (κ1) is 15.7. The number of esters is 1. The molecule has 5 heteroatoms. The van der Waals surface area contributed by atoms with Crippen LogP contribution < -0.4 is 0 Å².